The van der Waals surface area contributed by atoms with Crippen molar-refractivity contribution in [3.63, 3.8) is 0 Å². The lowest BCUT2D eigenvalue weighted by Gasteiger charge is -2.19. The Labute approximate surface area is 182 Å². The third-order valence-corrected chi connectivity index (χ3v) is 6.07. The standard InChI is InChI=1S/C24H21F4N3O/c1-3-18(26)17-9-14(25)6-13(11-29)15(17)7-12-8-19(27)23(21-4-5-30-31(21)2)22-16(12)10-20(28)24(22)32/h4-6,8-9,18,20,24,32H,3,7,10H2,1-2H3. The third-order valence-electron chi connectivity index (χ3n) is 6.07. The van der Waals surface area contributed by atoms with Crippen LogP contribution in [0, 0.1) is 23.0 Å². The number of hydrogen-bond donors (Lipinski definition) is 1. The van der Waals surface area contributed by atoms with Gasteiger partial charge < -0.3 is 5.11 Å². The second-order valence-corrected chi connectivity index (χ2v) is 7.98. The van der Waals surface area contributed by atoms with Gasteiger partial charge in [-0.2, -0.15) is 10.4 Å². The van der Waals surface area contributed by atoms with Gasteiger partial charge in [0, 0.05) is 25.2 Å². The molecule has 32 heavy (non-hydrogen) atoms. The number of halogens is 4. The van der Waals surface area contributed by atoms with Crippen molar-refractivity contribution in [1.29, 1.82) is 5.26 Å². The molecule has 0 amide bonds. The molecule has 1 aliphatic carbocycles. The Balaban J connectivity index is 1.93. The summed E-state index contributed by atoms with van der Waals surface area (Å²) in [5.41, 5.74) is 1.51. The van der Waals surface area contributed by atoms with Crippen molar-refractivity contribution in [1.82, 2.24) is 9.78 Å². The molecule has 0 bridgehead atoms. The van der Waals surface area contributed by atoms with Crippen molar-refractivity contribution in [3.05, 3.63) is 75.5 Å². The highest BCUT2D eigenvalue weighted by Crippen LogP contribution is 2.44. The molecule has 0 radical (unpaired) electrons. The number of aryl methyl sites for hydroxylation is 1. The fourth-order valence-corrected chi connectivity index (χ4v) is 4.50. The van der Waals surface area contributed by atoms with E-state index in [0.717, 1.165) is 12.1 Å². The summed E-state index contributed by atoms with van der Waals surface area (Å²) in [5, 5.41) is 24.1. The molecule has 166 valence electrons. The van der Waals surface area contributed by atoms with Crippen molar-refractivity contribution in [2.75, 3.05) is 0 Å². The SMILES string of the molecule is CCC(F)c1cc(F)cc(C#N)c1Cc1cc(F)c(-c2ccnn2C)c2c1CC(F)C2O. The van der Waals surface area contributed by atoms with E-state index in [2.05, 4.69) is 5.10 Å². The van der Waals surface area contributed by atoms with E-state index in [1.54, 1.807) is 20.0 Å². The molecule has 3 atom stereocenters. The van der Waals surface area contributed by atoms with Crippen LogP contribution in [-0.2, 0) is 19.9 Å². The molecule has 0 saturated carbocycles. The summed E-state index contributed by atoms with van der Waals surface area (Å²) >= 11 is 0. The maximum Gasteiger partial charge on any atom is 0.134 e. The summed E-state index contributed by atoms with van der Waals surface area (Å²) in [5.74, 6) is -1.43. The number of aliphatic hydroxyl groups is 1. The van der Waals surface area contributed by atoms with Crippen molar-refractivity contribution < 1.29 is 22.7 Å². The van der Waals surface area contributed by atoms with Crippen LogP contribution in [0.1, 0.15) is 59.0 Å². The number of aromatic nitrogens is 2. The largest absolute Gasteiger partial charge is 0.385 e. The first-order chi connectivity index (χ1) is 15.3. The van der Waals surface area contributed by atoms with Crippen LogP contribution in [0.25, 0.3) is 11.3 Å². The number of nitriles is 1. The summed E-state index contributed by atoms with van der Waals surface area (Å²) < 4.78 is 60.0. The van der Waals surface area contributed by atoms with Gasteiger partial charge in [0.2, 0.25) is 0 Å². The predicted molar refractivity (Wildman–Crippen MR) is 110 cm³/mol. The van der Waals surface area contributed by atoms with Crippen molar-refractivity contribution in [2.24, 2.45) is 7.05 Å². The van der Waals surface area contributed by atoms with Gasteiger partial charge >= 0.3 is 0 Å². The first kappa shape index (κ1) is 22.0. The topological polar surface area (TPSA) is 61.8 Å². The summed E-state index contributed by atoms with van der Waals surface area (Å²) in [6.07, 6.45) is -3.38. The minimum Gasteiger partial charge on any atom is -0.385 e. The number of benzene rings is 2. The molecular weight excluding hydrogens is 422 g/mol. The Kier molecular flexibility index (Phi) is 5.78. The van der Waals surface area contributed by atoms with Gasteiger partial charge in [-0.3, -0.25) is 4.68 Å². The van der Waals surface area contributed by atoms with E-state index < -0.39 is 30.1 Å². The number of aliphatic hydroxyl groups excluding tert-OH is 1. The van der Waals surface area contributed by atoms with Crippen molar-refractivity contribution >= 4 is 0 Å². The fourth-order valence-electron chi connectivity index (χ4n) is 4.50. The van der Waals surface area contributed by atoms with Gasteiger partial charge in [0.15, 0.2) is 0 Å². The number of alkyl halides is 2. The Morgan fingerprint density at radius 2 is 2.06 bits per heavy atom. The molecule has 3 aromatic rings. The zero-order valence-electron chi connectivity index (χ0n) is 17.5. The van der Waals surface area contributed by atoms with Crippen LogP contribution in [0.15, 0.2) is 30.5 Å². The molecule has 4 nitrogen and oxygen atoms in total. The van der Waals surface area contributed by atoms with Crippen LogP contribution in [0.3, 0.4) is 0 Å². The Bertz CT molecular complexity index is 1230. The van der Waals surface area contributed by atoms with Crippen LogP contribution in [-0.4, -0.2) is 21.1 Å². The molecule has 1 heterocycles. The van der Waals surface area contributed by atoms with Crippen LogP contribution in [0.4, 0.5) is 17.6 Å². The highest BCUT2D eigenvalue weighted by atomic mass is 19.1. The molecule has 1 aromatic heterocycles. The maximum atomic E-state index is 15.3. The molecule has 0 fully saturated rings. The Morgan fingerprint density at radius 3 is 2.69 bits per heavy atom. The van der Waals surface area contributed by atoms with Crippen molar-refractivity contribution in [2.45, 2.75) is 44.6 Å². The zero-order chi connectivity index (χ0) is 23.2. The Morgan fingerprint density at radius 1 is 1.31 bits per heavy atom. The minimum atomic E-state index is -1.63. The van der Waals surface area contributed by atoms with E-state index in [0.29, 0.717) is 16.8 Å². The van der Waals surface area contributed by atoms with E-state index >= 15 is 4.39 Å². The van der Waals surface area contributed by atoms with E-state index in [1.807, 2.05) is 6.07 Å². The highest BCUT2D eigenvalue weighted by molar-refractivity contribution is 5.70. The lowest BCUT2D eigenvalue weighted by atomic mass is 9.87. The van der Waals surface area contributed by atoms with Gasteiger partial charge in [0.25, 0.3) is 0 Å². The molecule has 0 spiro atoms. The average molecular weight is 443 g/mol. The first-order valence-electron chi connectivity index (χ1n) is 10.3. The zero-order valence-corrected chi connectivity index (χ0v) is 17.5. The minimum absolute atomic E-state index is 0.0178. The lowest BCUT2D eigenvalue weighted by molar-refractivity contribution is 0.0927. The van der Waals surface area contributed by atoms with Crippen LogP contribution in [0.2, 0.25) is 0 Å². The predicted octanol–water partition coefficient (Wildman–Crippen LogP) is 5.18. The van der Waals surface area contributed by atoms with E-state index in [1.165, 1.54) is 16.9 Å². The first-order valence-corrected chi connectivity index (χ1v) is 10.3. The average Bonchev–Trinajstić information content (AvgIpc) is 3.32. The third kappa shape index (κ3) is 3.56. The molecule has 0 aliphatic heterocycles. The molecular formula is C24H21F4N3O. The van der Waals surface area contributed by atoms with Gasteiger partial charge in [-0.05, 0) is 64.9 Å². The molecule has 4 rings (SSSR count). The van der Waals surface area contributed by atoms with Gasteiger partial charge in [-0.25, -0.2) is 17.6 Å². The second-order valence-electron chi connectivity index (χ2n) is 7.98. The van der Waals surface area contributed by atoms with Crippen LogP contribution >= 0.6 is 0 Å². The monoisotopic (exact) mass is 443 g/mol. The fraction of sp³-hybridized carbons (Fsp3) is 0.333. The van der Waals surface area contributed by atoms with Gasteiger partial charge in [0.1, 0.15) is 30.1 Å². The maximum absolute atomic E-state index is 15.3. The van der Waals surface area contributed by atoms with Gasteiger partial charge in [-0.1, -0.05) is 6.92 Å². The van der Waals surface area contributed by atoms with E-state index in [4.69, 9.17) is 0 Å². The van der Waals surface area contributed by atoms with Gasteiger partial charge in [0.05, 0.1) is 17.3 Å². The molecule has 1 aliphatic rings. The summed E-state index contributed by atoms with van der Waals surface area (Å²) in [4.78, 5) is 0. The van der Waals surface area contributed by atoms with Crippen LogP contribution < -0.4 is 0 Å². The number of nitrogens with zero attached hydrogens (tertiary/aromatic N) is 3. The highest BCUT2D eigenvalue weighted by Gasteiger charge is 2.37. The van der Waals surface area contributed by atoms with E-state index in [9.17, 15) is 23.5 Å². The normalized spacial score (nSPS) is 18.4. The quantitative estimate of drug-likeness (QED) is 0.553. The smallest absolute Gasteiger partial charge is 0.134 e. The number of fused-ring (bicyclic) bond motifs is 1. The molecule has 8 heteroatoms. The summed E-state index contributed by atoms with van der Waals surface area (Å²) in [6.45, 7) is 1.59. The molecule has 3 unspecified atom stereocenters. The van der Waals surface area contributed by atoms with E-state index in [-0.39, 0.29) is 47.1 Å². The Hall–Kier alpha value is -3.18. The summed E-state index contributed by atoms with van der Waals surface area (Å²) in [7, 11) is 1.61. The second kappa shape index (κ2) is 8.40. The number of hydrogen-bond acceptors (Lipinski definition) is 3. The molecule has 2 aromatic carbocycles. The van der Waals surface area contributed by atoms with Crippen molar-refractivity contribution in [3.8, 4) is 17.3 Å². The van der Waals surface area contributed by atoms with Gasteiger partial charge in [-0.15, -0.1) is 0 Å². The lowest BCUT2D eigenvalue weighted by Crippen LogP contribution is -2.09. The molecule has 1 N–H and O–H groups in total. The van der Waals surface area contributed by atoms with Crippen LogP contribution in [0.5, 0.6) is 0 Å². The molecule has 0 saturated heterocycles. The number of rotatable bonds is 5. The summed E-state index contributed by atoms with van der Waals surface area (Å²) in [6, 6.07) is 6.72.